The summed E-state index contributed by atoms with van der Waals surface area (Å²) < 4.78 is 26.5. The van der Waals surface area contributed by atoms with Crippen molar-refractivity contribution >= 4 is 12.1 Å². The largest absolute Gasteiger partial charge is 0.480 e. The maximum Gasteiger partial charge on any atom is 0.408 e. The maximum atomic E-state index is 11.5. The summed E-state index contributed by atoms with van der Waals surface area (Å²) in [6, 6.07) is -1.29. The maximum absolute atomic E-state index is 11.5. The van der Waals surface area contributed by atoms with Crippen LogP contribution in [-0.4, -0.2) is 28.8 Å². The molecule has 5 heteroatoms. The van der Waals surface area contributed by atoms with Gasteiger partial charge in [-0.15, -0.1) is 0 Å². The molecule has 0 aliphatic heterocycles. The van der Waals surface area contributed by atoms with Crippen LogP contribution in [0.15, 0.2) is 0 Å². The molecule has 2 N–H and O–H groups in total. The summed E-state index contributed by atoms with van der Waals surface area (Å²) in [7, 11) is 0. The highest BCUT2D eigenvalue weighted by atomic mass is 16.6. The van der Waals surface area contributed by atoms with Gasteiger partial charge >= 0.3 is 12.1 Å². The van der Waals surface area contributed by atoms with Crippen molar-refractivity contribution in [3.05, 3.63) is 0 Å². The molecule has 94 valence electrons. The molecule has 1 amide bonds. The first-order chi connectivity index (χ1) is 8.33. The van der Waals surface area contributed by atoms with Crippen LogP contribution in [0.1, 0.15) is 45.1 Å². The quantitative estimate of drug-likeness (QED) is 0.780. The van der Waals surface area contributed by atoms with Crippen molar-refractivity contribution in [1.29, 1.82) is 0 Å². The van der Waals surface area contributed by atoms with E-state index in [1.165, 1.54) is 6.92 Å². The molecule has 0 saturated carbocycles. The number of aliphatic carboxylic acids is 1. The Hall–Kier alpha value is -1.26. The predicted octanol–water partition coefficient (Wildman–Crippen LogP) is 2.01. The Balaban J connectivity index is 4.60. The smallest absolute Gasteiger partial charge is 0.408 e. The number of ether oxygens (including phenoxy) is 1. The Morgan fingerprint density at radius 1 is 1.50 bits per heavy atom. The molecule has 0 aromatic heterocycles. The average molecular weight is 234 g/mol. The van der Waals surface area contributed by atoms with Gasteiger partial charge in [0.2, 0.25) is 0 Å². The van der Waals surface area contributed by atoms with Crippen LogP contribution in [0.3, 0.4) is 0 Å². The van der Waals surface area contributed by atoms with Gasteiger partial charge in [-0.1, -0.05) is 13.8 Å². The Bertz CT molecular complexity index is 336. The molecule has 0 radical (unpaired) electrons. The van der Waals surface area contributed by atoms with E-state index in [0.29, 0.717) is 0 Å². The van der Waals surface area contributed by atoms with E-state index in [0.717, 1.165) is 0 Å². The highest BCUT2D eigenvalue weighted by Crippen LogP contribution is 2.09. The molecule has 0 aliphatic carbocycles. The van der Waals surface area contributed by atoms with Gasteiger partial charge in [-0.25, -0.2) is 9.59 Å². The first-order valence-electron chi connectivity index (χ1n) is 6.55. The van der Waals surface area contributed by atoms with Gasteiger partial charge in [-0.3, -0.25) is 0 Å². The Morgan fingerprint density at radius 3 is 2.44 bits per heavy atom. The predicted molar refractivity (Wildman–Crippen MR) is 60.2 cm³/mol. The van der Waals surface area contributed by atoms with E-state index < -0.39 is 36.5 Å². The van der Waals surface area contributed by atoms with Crippen LogP contribution in [0.2, 0.25) is 0 Å². The summed E-state index contributed by atoms with van der Waals surface area (Å²) in [5, 5.41) is 11.1. The molecule has 0 aromatic carbocycles. The van der Waals surface area contributed by atoms with Gasteiger partial charge < -0.3 is 15.2 Å². The summed E-state index contributed by atoms with van der Waals surface area (Å²) in [5.74, 6) is -2.13. The number of alkyl carbamates (subject to hydrolysis) is 1. The second-order valence-electron chi connectivity index (χ2n) is 4.67. The molecule has 0 rings (SSSR count). The molecule has 0 aliphatic rings. The second kappa shape index (κ2) is 5.72. The van der Waals surface area contributed by atoms with Gasteiger partial charge in [0.05, 0.1) is 0 Å². The van der Waals surface area contributed by atoms with Gasteiger partial charge in [0, 0.05) is 4.11 Å². The standard InChI is InChI=1S/C11H21NO4/c1-7(2)6-8(9(13)14)12-10(15)16-11(3,4)5/h7-8H,6H2,1-5H3,(H,12,15)(H,13,14)/i1D3. The van der Waals surface area contributed by atoms with Crippen LogP contribution in [0.25, 0.3) is 0 Å². The Morgan fingerprint density at radius 2 is 2.06 bits per heavy atom. The lowest BCUT2D eigenvalue weighted by atomic mass is 10.0. The number of nitrogens with one attached hydrogen (secondary N) is 1. The number of carboxylic acids is 1. The highest BCUT2D eigenvalue weighted by molar-refractivity contribution is 5.79. The number of rotatable bonds is 4. The molecule has 0 bridgehead atoms. The van der Waals surface area contributed by atoms with Crippen LogP contribution >= 0.6 is 0 Å². The molecular formula is C11H21NO4. The van der Waals surface area contributed by atoms with Crippen molar-refractivity contribution in [2.45, 2.75) is 52.6 Å². The molecule has 2 unspecified atom stereocenters. The lowest BCUT2D eigenvalue weighted by Gasteiger charge is -2.22. The van der Waals surface area contributed by atoms with Crippen LogP contribution in [0.5, 0.6) is 0 Å². The van der Waals surface area contributed by atoms with Gasteiger partial charge in [0.15, 0.2) is 0 Å². The van der Waals surface area contributed by atoms with E-state index in [1.54, 1.807) is 20.8 Å². The van der Waals surface area contributed by atoms with Crippen molar-refractivity contribution in [3.63, 3.8) is 0 Å². The number of carboxylic acid groups (broad SMARTS) is 1. The van der Waals surface area contributed by atoms with E-state index in [-0.39, 0.29) is 6.42 Å². The van der Waals surface area contributed by atoms with Gasteiger partial charge in [-0.2, -0.15) is 0 Å². The van der Waals surface area contributed by atoms with Crippen molar-refractivity contribution in [1.82, 2.24) is 5.32 Å². The summed E-state index contributed by atoms with van der Waals surface area (Å²) in [6.45, 7) is 4.09. The zero-order chi connectivity index (χ0) is 15.4. The lowest BCUT2D eigenvalue weighted by molar-refractivity contribution is -0.139. The van der Waals surface area contributed by atoms with Crippen molar-refractivity contribution < 1.29 is 23.5 Å². The van der Waals surface area contributed by atoms with Gasteiger partial charge in [0.1, 0.15) is 11.6 Å². The Labute approximate surface area is 100 Å². The zero-order valence-corrected chi connectivity index (χ0v) is 10.0. The van der Waals surface area contributed by atoms with E-state index >= 15 is 0 Å². The fraction of sp³-hybridized carbons (Fsp3) is 0.818. The molecule has 2 atom stereocenters. The number of hydrogen-bond donors (Lipinski definition) is 2. The Kier molecular flexibility index (Phi) is 3.55. The molecule has 16 heavy (non-hydrogen) atoms. The summed E-state index contributed by atoms with van der Waals surface area (Å²) >= 11 is 0. The minimum atomic E-state index is -2.26. The lowest BCUT2D eigenvalue weighted by Crippen LogP contribution is -2.44. The minimum Gasteiger partial charge on any atom is -0.480 e. The number of carbonyl (C=O) groups excluding carboxylic acids is 1. The molecular weight excluding hydrogens is 210 g/mol. The first kappa shape index (κ1) is 9.93. The third-order valence-electron chi connectivity index (χ3n) is 1.58. The van der Waals surface area contributed by atoms with E-state index in [1.807, 2.05) is 0 Å². The van der Waals surface area contributed by atoms with E-state index in [9.17, 15) is 9.59 Å². The molecule has 0 heterocycles. The van der Waals surface area contributed by atoms with Crippen LogP contribution in [0, 0.1) is 5.92 Å². The molecule has 0 saturated heterocycles. The third-order valence-corrected chi connectivity index (χ3v) is 1.58. The minimum absolute atomic E-state index is 0.189. The summed E-state index contributed by atoms with van der Waals surface area (Å²) in [4.78, 5) is 22.5. The molecule has 0 aromatic rings. The molecule has 5 nitrogen and oxygen atoms in total. The zero-order valence-electron chi connectivity index (χ0n) is 13.0. The number of carbonyl (C=O) groups is 2. The van der Waals surface area contributed by atoms with Gasteiger partial charge in [-0.05, 0) is 33.1 Å². The van der Waals surface area contributed by atoms with Gasteiger partial charge in [0.25, 0.3) is 0 Å². The topological polar surface area (TPSA) is 75.6 Å². The number of amides is 1. The summed E-state index contributed by atoms with van der Waals surface area (Å²) in [5.41, 5.74) is -0.747. The van der Waals surface area contributed by atoms with E-state index in [4.69, 9.17) is 14.0 Å². The molecule has 0 spiro atoms. The fourth-order valence-electron chi connectivity index (χ4n) is 1.02. The van der Waals surface area contributed by atoms with Crippen molar-refractivity contribution in [2.75, 3.05) is 0 Å². The third kappa shape index (κ3) is 7.09. The SMILES string of the molecule is [2H]C([2H])([2H])C(C)CC(NC(=O)OC(C)(C)C)C(=O)O. The van der Waals surface area contributed by atoms with Crippen molar-refractivity contribution in [2.24, 2.45) is 5.92 Å². The molecule has 0 fully saturated rings. The average Bonchev–Trinajstić information content (AvgIpc) is 2.11. The van der Waals surface area contributed by atoms with Crippen molar-refractivity contribution in [3.8, 4) is 0 Å². The first-order valence-corrected chi connectivity index (χ1v) is 5.05. The number of hydrogen-bond acceptors (Lipinski definition) is 3. The highest BCUT2D eigenvalue weighted by Gasteiger charge is 2.24. The van der Waals surface area contributed by atoms with Crippen LogP contribution < -0.4 is 5.32 Å². The fourth-order valence-corrected chi connectivity index (χ4v) is 1.02. The monoisotopic (exact) mass is 234 g/mol. The van der Waals surface area contributed by atoms with E-state index in [2.05, 4.69) is 5.32 Å². The van der Waals surface area contributed by atoms with Crippen LogP contribution in [-0.2, 0) is 9.53 Å². The summed E-state index contributed by atoms with van der Waals surface area (Å²) in [6.07, 6.45) is -1.07. The second-order valence-corrected chi connectivity index (χ2v) is 4.67. The van der Waals surface area contributed by atoms with Crippen LogP contribution in [0.4, 0.5) is 4.79 Å². The normalized spacial score (nSPS) is 18.6.